The predicted molar refractivity (Wildman–Crippen MR) is 90.5 cm³/mol. The fraction of sp³-hybridized carbons (Fsp3) is 0.188. The molecule has 1 aliphatic rings. The minimum Gasteiger partial charge on any atom is -0.325 e. The van der Waals surface area contributed by atoms with E-state index in [-0.39, 0.29) is 23.3 Å². The van der Waals surface area contributed by atoms with Crippen LogP contribution in [-0.4, -0.2) is 28.9 Å². The van der Waals surface area contributed by atoms with Gasteiger partial charge in [0.25, 0.3) is 0 Å². The maximum absolute atomic E-state index is 12.6. The zero-order valence-electron chi connectivity index (χ0n) is 13.3. The molecule has 0 saturated carbocycles. The molecule has 1 aliphatic heterocycles. The minimum absolute atomic E-state index is 0.0112. The Balaban J connectivity index is 1.59. The molecule has 25 heavy (non-hydrogen) atoms. The largest absolute Gasteiger partial charge is 0.325 e. The molecule has 2 aromatic heterocycles. The van der Waals surface area contributed by atoms with Gasteiger partial charge in [-0.05, 0) is 42.8 Å². The van der Waals surface area contributed by atoms with Crippen LogP contribution in [0.5, 0.6) is 0 Å². The number of hydrogen-bond acceptors (Lipinski definition) is 5. The van der Waals surface area contributed by atoms with Gasteiger partial charge in [0, 0.05) is 11.9 Å². The van der Waals surface area contributed by atoms with Crippen molar-refractivity contribution in [2.75, 3.05) is 5.32 Å². The first-order chi connectivity index (χ1) is 12.0. The third-order valence-corrected chi connectivity index (χ3v) is 5.65. The number of carbonyl (C=O) groups excluding carboxylic acids is 1. The summed E-state index contributed by atoms with van der Waals surface area (Å²) in [4.78, 5) is 11.8. The molecule has 3 aromatic rings. The van der Waals surface area contributed by atoms with Gasteiger partial charge >= 0.3 is 0 Å². The second kappa shape index (κ2) is 5.64. The van der Waals surface area contributed by atoms with Crippen molar-refractivity contribution < 1.29 is 13.2 Å². The molecule has 3 heterocycles. The number of carbonyl (C=O) groups is 1. The van der Waals surface area contributed by atoms with Gasteiger partial charge in [-0.25, -0.2) is 13.1 Å². The number of fused-ring (bicyclic) bond motifs is 2. The van der Waals surface area contributed by atoms with E-state index in [1.54, 1.807) is 29.7 Å². The number of aromatic nitrogens is 3. The van der Waals surface area contributed by atoms with Crippen LogP contribution in [0, 0.1) is 0 Å². The summed E-state index contributed by atoms with van der Waals surface area (Å²) < 4.78 is 29.4. The topological polar surface area (TPSA) is 105 Å². The van der Waals surface area contributed by atoms with Crippen LogP contribution in [-0.2, 0) is 21.4 Å². The van der Waals surface area contributed by atoms with Gasteiger partial charge in [-0.15, -0.1) is 10.2 Å². The molecular weight excluding hydrogens is 342 g/mol. The number of hydrogen-bond donors (Lipinski definition) is 2. The Hall–Kier alpha value is -2.78. The Labute approximate surface area is 143 Å². The molecule has 128 valence electrons. The third-order valence-electron chi connectivity index (χ3n) is 4.26. The molecule has 0 fully saturated rings. The van der Waals surface area contributed by atoms with E-state index in [2.05, 4.69) is 20.2 Å². The van der Waals surface area contributed by atoms with Crippen molar-refractivity contribution in [2.24, 2.45) is 0 Å². The molecule has 0 spiro atoms. The Morgan fingerprint density at radius 1 is 1.24 bits per heavy atom. The van der Waals surface area contributed by atoms with Crippen molar-refractivity contribution in [3.8, 4) is 0 Å². The molecule has 1 aromatic carbocycles. The summed E-state index contributed by atoms with van der Waals surface area (Å²) in [7, 11) is -3.74. The number of nitrogens with zero attached hydrogens (tertiary/aromatic N) is 3. The van der Waals surface area contributed by atoms with Gasteiger partial charge in [-0.3, -0.25) is 9.20 Å². The second-order valence-corrected chi connectivity index (χ2v) is 7.60. The molecule has 0 saturated heterocycles. The van der Waals surface area contributed by atoms with E-state index < -0.39 is 10.0 Å². The summed E-state index contributed by atoms with van der Waals surface area (Å²) in [6, 6.07) is 10.1. The number of amides is 1. The molecule has 9 heteroatoms. The van der Waals surface area contributed by atoms with Crippen LogP contribution in [0.25, 0.3) is 5.65 Å². The van der Waals surface area contributed by atoms with E-state index in [0.717, 1.165) is 0 Å². The maximum Gasteiger partial charge on any atom is 0.240 e. The van der Waals surface area contributed by atoms with Crippen LogP contribution >= 0.6 is 0 Å². The molecule has 1 atom stereocenters. The lowest BCUT2D eigenvalue weighted by Crippen LogP contribution is -2.24. The van der Waals surface area contributed by atoms with Gasteiger partial charge in [0.15, 0.2) is 11.5 Å². The number of nitrogens with one attached hydrogen (secondary N) is 2. The normalized spacial score (nSPS) is 16.8. The average molecular weight is 357 g/mol. The quantitative estimate of drug-likeness (QED) is 0.731. The number of pyridine rings is 1. The van der Waals surface area contributed by atoms with Gasteiger partial charge in [0.2, 0.25) is 15.9 Å². The molecule has 0 aliphatic carbocycles. The lowest BCUT2D eigenvalue weighted by Gasteiger charge is -2.08. The molecule has 0 unspecified atom stereocenters. The van der Waals surface area contributed by atoms with Crippen molar-refractivity contribution in [3.63, 3.8) is 0 Å². The van der Waals surface area contributed by atoms with Crippen molar-refractivity contribution >= 4 is 27.3 Å². The monoisotopic (exact) mass is 357 g/mol. The molecule has 0 bridgehead atoms. The van der Waals surface area contributed by atoms with E-state index in [4.69, 9.17) is 0 Å². The Morgan fingerprint density at radius 3 is 2.92 bits per heavy atom. The Bertz CT molecular complexity index is 1090. The third kappa shape index (κ3) is 2.67. The van der Waals surface area contributed by atoms with Crippen LogP contribution in [0.3, 0.4) is 0 Å². The van der Waals surface area contributed by atoms with Gasteiger partial charge < -0.3 is 5.32 Å². The number of sulfonamides is 1. The van der Waals surface area contributed by atoms with Gasteiger partial charge in [-0.2, -0.15) is 0 Å². The predicted octanol–water partition coefficient (Wildman–Crippen LogP) is 1.26. The van der Waals surface area contributed by atoms with Crippen LogP contribution in [0.15, 0.2) is 47.5 Å². The van der Waals surface area contributed by atoms with Crippen LogP contribution in [0.4, 0.5) is 5.69 Å². The molecule has 2 N–H and O–H groups in total. The van der Waals surface area contributed by atoms with Crippen molar-refractivity contribution in [3.05, 3.63) is 54.0 Å². The summed E-state index contributed by atoms with van der Waals surface area (Å²) >= 11 is 0. The van der Waals surface area contributed by atoms with E-state index in [1.807, 2.05) is 12.1 Å². The summed E-state index contributed by atoms with van der Waals surface area (Å²) in [6.07, 6.45) is 1.77. The first-order valence-corrected chi connectivity index (χ1v) is 9.17. The average Bonchev–Trinajstić information content (AvgIpc) is 3.14. The first-order valence-electron chi connectivity index (χ1n) is 7.69. The number of benzene rings is 1. The molecule has 8 nitrogen and oxygen atoms in total. The molecule has 0 radical (unpaired) electrons. The van der Waals surface area contributed by atoms with Crippen molar-refractivity contribution in [2.45, 2.75) is 24.3 Å². The lowest BCUT2D eigenvalue weighted by atomic mass is 10.0. The zero-order chi connectivity index (χ0) is 17.6. The van der Waals surface area contributed by atoms with E-state index >= 15 is 0 Å². The van der Waals surface area contributed by atoms with Crippen molar-refractivity contribution in [1.29, 1.82) is 0 Å². The summed E-state index contributed by atoms with van der Waals surface area (Å²) in [5, 5.41) is 10.7. The molecular formula is C16H15N5O3S. The van der Waals surface area contributed by atoms with Gasteiger partial charge in [-0.1, -0.05) is 6.07 Å². The second-order valence-electron chi connectivity index (χ2n) is 5.83. The molecule has 4 rings (SSSR count). The standard InChI is InChI=1S/C16H15N5O3S/c1-10-12-8-11(5-6-13(12)18-16(10)22)25(23,24)17-9-15-20-19-14-4-2-3-7-21(14)15/h2-8,10,17H,9H2,1H3,(H,18,22)/t10-/m1/s1. The van der Waals surface area contributed by atoms with E-state index in [1.165, 1.54) is 12.1 Å². The Morgan fingerprint density at radius 2 is 2.08 bits per heavy atom. The highest BCUT2D eigenvalue weighted by Crippen LogP contribution is 2.33. The highest BCUT2D eigenvalue weighted by Gasteiger charge is 2.28. The minimum atomic E-state index is -3.74. The summed E-state index contributed by atoms with van der Waals surface area (Å²) in [6.45, 7) is 1.75. The van der Waals surface area contributed by atoms with Crippen LogP contribution < -0.4 is 10.0 Å². The smallest absolute Gasteiger partial charge is 0.240 e. The zero-order valence-corrected chi connectivity index (χ0v) is 14.1. The number of anilines is 1. The SMILES string of the molecule is C[C@H]1C(=O)Nc2ccc(S(=O)(=O)NCc3nnc4ccccn34)cc21. The lowest BCUT2D eigenvalue weighted by molar-refractivity contribution is -0.116. The summed E-state index contributed by atoms with van der Waals surface area (Å²) in [5.74, 6) is -0.0106. The van der Waals surface area contributed by atoms with Crippen LogP contribution in [0.1, 0.15) is 24.2 Å². The van der Waals surface area contributed by atoms with Crippen molar-refractivity contribution in [1.82, 2.24) is 19.3 Å². The van der Waals surface area contributed by atoms with Gasteiger partial charge in [0.1, 0.15) is 0 Å². The maximum atomic E-state index is 12.6. The fourth-order valence-corrected chi connectivity index (χ4v) is 3.83. The highest BCUT2D eigenvalue weighted by molar-refractivity contribution is 7.89. The highest BCUT2D eigenvalue weighted by atomic mass is 32.2. The number of rotatable bonds is 4. The Kier molecular flexibility index (Phi) is 3.55. The van der Waals surface area contributed by atoms with Crippen LogP contribution in [0.2, 0.25) is 0 Å². The molecule has 1 amide bonds. The van der Waals surface area contributed by atoms with Gasteiger partial charge in [0.05, 0.1) is 17.4 Å². The first kappa shape index (κ1) is 15.7. The van der Waals surface area contributed by atoms with E-state index in [0.29, 0.717) is 22.7 Å². The fourth-order valence-electron chi connectivity index (χ4n) is 2.82. The summed E-state index contributed by atoms with van der Waals surface area (Å²) in [5.41, 5.74) is 1.98. The van der Waals surface area contributed by atoms with E-state index in [9.17, 15) is 13.2 Å².